The van der Waals surface area contributed by atoms with E-state index >= 15 is 0 Å². The van der Waals surface area contributed by atoms with Gasteiger partial charge in [0, 0.05) is 28.2 Å². The van der Waals surface area contributed by atoms with Crippen LogP contribution in [0.3, 0.4) is 0 Å². The van der Waals surface area contributed by atoms with Crippen LogP contribution >= 0.6 is 0 Å². The Morgan fingerprint density at radius 1 is 0.600 bits per heavy atom. The molecule has 0 atom stereocenters. The zero-order valence-corrected chi connectivity index (χ0v) is 17.6. The molecule has 0 saturated carbocycles. The number of hydrogen-bond acceptors (Lipinski definition) is 2. The molecular formula is C28H25NO. The molecule has 0 radical (unpaired) electrons. The highest BCUT2D eigenvalue weighted by Gasteiger charge is 2.13. The van der Waals surface area contributed by atoms with Gasteiger partial charge < -0.3 is 9.73 Å². The van der Waals surface area contributed by atoms with Gasteiger partial charge in [0.25, 0.3) is 0 Å². The maximum Gasteiger partial charge on any atom is 0.137 e. The van der Waals surface area contributed by atoms with Crippen molar-refractivity contribution in [2.75, 3.05) is 5.32 Å². The second kappa shape index (κ2) is 7.07. The lowest BCUT2D eigenvalue weighted by Crippen LogP contribution is -2.10. The van der Waals surface area contributed by atoms with Gasteiger partial charge in [-0.25, -0.2) is 0 Å². The van der Waals surface area contributed by atoms with Crippen LogP contribution in [0.4, 0.5) is 11.4 Å². The van der Waals surface area contributed by atoms with Gasteiger partial charge >= 0.3 is 0 Å². The molecule has 1 aromatic heterocycles. The van der Waals surface area contributed by atoms with E-state index in [1.54, 1.807) is 0 Å². The van der Waals surface area contributed by atoms with Crippen molar-refractivity contribution in [3.8, 4) is 11.1 Å². The SMILES string of the molecule is CC(C)(C)c1ccc(-c2ccc(Nc3ccc4c(c3)oc3ccccc34)cc2)cc1. The molecule has 0 amide bonds. The van der Waals surface area contributed by atoms with E-state index in [0.29, 0.717) is 0 Å². The van der Waals surface area contributed by atoms with Gasteiger partial charge in [-0.15, -0.1) is 0 Å². The topological polar surface area (TPSA) is 25.2 Å². The van der Waals surface area contributed by atoms with Crippen molar-refractivity contribution in [1.82, 2.24) is 0 Å². The van der Waals surface area contributed by atoms with Crippen LogP contribution in [0.5, 0.6) is 0 Å². The van der Waals surface area contributed by atoms with Gasteiger partial charge in [0.15, 0.2) is 0 Å². The van der Waals surface area contributed by atoms with E-state index in [4.69, 9.17) is 4.42 Å². The van der Waals surface area contributed by atoms with E-state index < -0.39 is 0 Å². The monoisotopic (exact) mass is 391 g/mol. The fourth-order valence-corrected chi connectivity index (χ4v) is 3.88. The Bertz CT molecular complexity index is 1320. The molecule has 0 saturated heterocycles. The van der Waals surface area contributed by atoms with Crippen LogP contribution in [0.25, 0.3) is 33.1 Å². The minimum Gasteiger partial charge on any atom is -0.456 e. The summed E-state index contributed by atoms with van der Waals surface area (Å²) in [6.45, 7) is 6.72. The summed E-state index contributed by atoms with van der Waals surface area (Å²) >= 11 is 0. The predicted octanol–water partition coefficient (Wildman–Crippen LogP) is 8.29. The molecule has 2 nitrogen and oxygen atoms in total. The number of nitrogens with one attached hydrogen (secondary N) is 1. The molecule has 0 spiro atoms. The van der Waals surface area contributed by atoms with Crippen molar-refractivity contribution in [2.24, 2.45) is 0 Å². The van der Waals surface area contributed by atoms with Crippen LogP contribution in [0.2, 0.25) is 0 Å². The summed E-state index contributed by atoms with van der Waals surface area (Å²) in [5.74, 6) is 0. The molecule has 0 fully saturated rings. The first-order valence-corrected chi connectivity index (χ1v) is 10.4. The molecule has 0 aliphatic carbocycles. The number of furan rings is 1. The summed E-state index contributed by atoms with van der Waals surface area (Å²) in [5.41, 5.74) is 7.87. The second-order valence-corrected chi connectivity index (χ2v) is 8.84. The molecule has 0 aliphatic heterocycles. The smallest absolute Gasteiger partial charge is 0.137 e. The zero-order valence-electron chi connectivity index (χ0n) is 17.6. The van der Waals surface area contributed by atoms with Gasteiger partial charge in [-0.2, -0.15) is 0 Å². The average Bonchev–Trinajstić information content (AvgIpc) is 3.11. The molecule has 0 bridgehead atoms. The van der Waals surface area contributed by atoms with Crippen LogP contribution < -0.4 is 5.32 Å². The Balaban J connectivity index is 1.37. The number of anilines is 2. The lowest BCUT2D eigenvalue weighted by Gasteiger charge is -2.19. The minimum absolute atomic E-state index is 0.174. The van der Waals surface area contributed by atoms with Gasteiger partial charge in [-0.3, -0.25) is 0 Å². The highest BCUT2D eigenvalue weighted by molar-refractivity contribution is 6.05. The summed E-state index contributed by atoms with van der Waals surface area (Å²) in [6.07, 6.45) is 0. The van der Waals surface area contributed by atoms with Crippen molar-refractivity contribution in [3.05, 3.63) is 96.6 Å². The second-order valence-electron chi connectivity index (χ2n) is 8.84. The highest BCUT2D eigenvalue weighted by atomic mass is 16.3. The molecule has 2 heteroatoms. The van der Waals surface area contributed by atoms with Gasteiger partial charge in [-0.05, 0) is 52.4 Å². The van der Waals surface area contributed by atoms with Gasteiger partial charge in [0.2, 0.25) is 0 Å². The summed E-state index contributed by atoms with van der Waals surface area (Å²) in [5, 5.41) is 5.79. The minimum atomic E-state index is 0.174. The van der Waals surface area contributed by atoms with Crippen LogP contribution in [0, 0.1) is 0 Å². The number of benzene rings is 4. The van der Waals surface area contributed by atoms with E-state index in [9.17, 15) is 0 Å². The molecule has 1 N–H and O–H groups in total. The third-order valence-corrected chi connectivity index (χ3v) is 5.64. The summed E-state index contributed by atoms with van der Waals surface area (Å²) in [6, 6.07) is 31.9. The first-order chi connectivity index (χ1) is 14.5. The van der Waals surface area contributed by atoms with Crippen molar-refractivity contribution < 1.29 is 4.42 Å². The Kier molecular flexibility index (Phi) is 4.36. The fourth-order valence-electron chi connectivity index (χ4n) is 3.88. The normalized spacial score (nSPS) is 11.8. The summed E-state index contributed by atoms with van der Waals surface area (Å²) in [7, 11) is 0. The summed E-state index contributed by atoms with van der Waals surface area (Å²) < 4.78 is 6.00. The van der Waals surface area contributed by atoms with E-state index in [0.717, 1.165) is 33.3 Å². The van der Waals surface area contributed by atoms with Crippen molar-refractivity contribution in [1.29, 1.82) is 0 Å². The first-order valence-electron chi connectivity index (χ1n) is 10.4. The van der Waals surface area contributed by atoms with Crippen LogP contribution in [0.1, 0.15) is 26.3 Å². The third kappa shape index (κ3) is 3.46. The van der Waals surface area contributed by atoms with Crippen LogP contribution in [-0.2, 0) is 5.41 Å². The highest BCUT2D eigenvalue weighted by Crippen LogP contribution is 2.32. The fraction of sp³-hybridized carbons (Fsp3) is 0.143. The standard InChI is InChI=1S/C28H25NO/c1-28(2,3)21-12-8-19(9-13-21)20-10-14-22(15-11-20)29-23-16-17-25-24-6-4-5-7-26(24)30-27(25)18-23/h4-18,29H,1-3H3. The van der Waals surface area contributed by atoms with E-state index in [2.05, 4.69) is 98.9 Å². The van der Waals surface area contributed by atoms with Crippen molar-refractivity contribution in [3.63, 3.8) is 0 Å². The molecule has 30 heavy (non-hydrogen) atoms. The van der Waals surface area contributed by atoms with E-state index in [-0.39, 0.29) is 5.41 Å². The average molecular weight is 392 g/mol. The van der Waals surface area contributed by atoms with Gasteiger partial charge in [0.1, 0.15) is 11.2 Å². The van der Waals surface area contributed by atoms with E-state index in [1.165, 1.54) is 16.7 Å². The van der Waals surface area contributed by atoms with E-state index in [1.807, 2.05) is 18.2 Å². The Hall–Kier alpha value is -3.52. The molecule has 0 unspecified atom stereocenters. The predicted molar refractivity (Wildman–Crippen MR) is 128 cm³/mol. The molecule has 0 aliphatic rings. The molecule has 148 valence electrons. The van der Waals surface area contributed by atoms with Gasteiger partial charge in [-0.1, -0.05) is 75.4 Å². The summed E-state index contributed by atoms with van der Waals surface area (Å²) in [4.78, 5) is 0. The van der Waals surface area contributed by atoms with Crippen molar-refractivity contribution in [2.45, 2.75) is 26.2 Å². The lowest BCUT2D eigenvalue weighted by atomic mass is 9.86. The quantitative estimate of drug-likeness (QED) is 0.334. The Morgan fingerprint density at radius 3 is 1.90 bits per heavy atom. The molecule has 1 heterocycles. The molecule has 5 aromatic rings. The first kappa shape index (κ1) is 18.5. The zero-order chi connectivity index (χ0) is 20.7. The maximum atomic E-state index is 6.00. The number of hydrogen-bond donors (Lipinski definition) is 1. The number of para-hydroxylation sites is 1. The third-order valence-electron chi connectivity index (χ3n) is 5.64. The van der Waals surface area contributed by atoms with Gasteiger partial charge in [0.05, 0.1) is 0 Å². The maximum absolute atomic E-state index is 6.00. The lowest BCUT2D eigenvalue weighted by molar-refractivity contribution is 0.590. The van der Waals surface area contributed by atoms with Crippen LogP contribution in [0.15, 0.2) is 95.4 Å². The molecular weight excluding hydrogens is 366 g/mol. The van der Waals surface area contributed by atoms with Crippen molar-refractivity contribution >= 4 is 33.3 Å². The van der Waals surface area contributed by atoms with Crippen LogP contribution in [-0.4, -0.2) is 0 Å². The number of fused-ring (bicyclic) bond motifs is 3. The largest absolute Gasteiger partial charge is 0.456 e. The molecule has 5 rings (SSSR count). The molecule has 4 aromatic carbocycles. The Labute approximate surface area is 177 Å². The Morgan fingerprint density at radius 2 is 1.20 bits per heavy atom. The number of rotatable bonds is 3.